The lowest BCUT2D eigenvalue weighted by atomic mass is 9.44. The number of ketones is 1. The molecule has 5 fully saturated rings. The number of aliphatic hydroxyl groups is 1. The number of epoxide rings is 1. The van der Waals surface area contributed by atoms with Crippen LogP contribution >= 0.6 is 0 Å². The molecule has 6 rings (SSSR count). The summed E-state index contributed by atoms with van der Waals surface area (Å²) in [6.45, 7) is 11.1. The van der Waals surface area contributed by atoms with E-state index in [1.54, 1.807) is 12.2 Å². The summed E-state index contributed by atoms with van der Waals surface area (Å²) in [7, 11) is 0. The van der Waals surface area contributed by atoms with Crippen molar-refractivity contribution in [3.63, 3.8) is 0 Å². The van der Waals surface area contributed by atoms with Crippen molar-refractivity contribution in [3.8, 4) is 0 Å². The Balaban J connectivity index is 1.27. The highest BCUT2D eigenvalue weighted by Crippen LogP contribution is 2.73. The number of hydrogen-bond acceptors (Lipinski definition) is 5. The lowest BCUT2D eigenvalue weighted by Crippen LogP contribution is -2.63. The van der Waals surface area contributed by atoms with Crippen LogP contribution in [0.25, 0.3) is 0 Å². The second-order valence-corrected chi connectivity index (χ2v) is 12.9. The van der Waals surface area contributed by atoms with Crippen molar-refractivity contribution in [2.75, 3.05) is 0 Å². The van der Waals surface area contributed by atoms with Crippen LogP contribution in [0.3, 0.4) is 0 Å². The molecule has 0 aromatic rings. The maximum atomic E-state index is 13.3. The highest BCUT2D eigenvalue weighted by molar-refractivity contribution is 5.98. The van der Waals surface area contributed by atoms with E-state index in [-0.39, 0.29) is 41.2 Å². The first-order valence-corrected chi connectivity index (χ1v) is 13.3. The maximum absolute atomic E-state index is 13.3. The number of aliphatic hydroxyl groups excluding tert-OH is 1. The van der Waals surface area contributed by atoms with Crippen LogP contribution in [0, 0.1) is 52.3 Å². The molecule has 0 aromatic carbocycles. The number of rotatable bonds is 2. The van der Waals surface area contributed by atoms with Crippen molar-refractivity contribution >= 4 is 11.8 Å². The van der Waals surface area contributed by atoms with Crippen molar-refractivity contribution < 1.29 is 24.2 Å². The minimum Gasteiger partial charge on any atom is -0.462 e. The van der Waals surface area contributed by atoms with E-state index in [4.69, 9.17) is 9.47 Å². The van der Waals surface area contributed by atoms with Gasteiger partial charge in [0.2, 0.25) is 0 Å². The summed E-state index contributed by atoms with van der Waals surface area (Å²) < 4.78 is 12.2. The molecular formula is C28H40O5. The minimum absolute atomic E-state index is 0.00461. The Labute approximate surface area is 197 Å². The van der Waals surface area contributed by atoms with E-state index in [1.807, 2.05) is 6.92 Å². The fourth-order valence-corrected chi connectivity index (χ4v) is 9.78. The number of ether oxygens (including phenoxy) is 2. The molecule has 33 heavy (non-hydrogen) atoms. The third kappa shape index (κ3) is 2.62. The van der Waals surface area contributed by atoms with Crippen molar-refractivity contribution in [2.45, 2.75) is 97.1 Å². The zero-order chi connectivity index (χ0) is 23.5. The van der Waals surface area contributed by atoms with Crippen LogP contribution in [0.1, 0.15) is 73.1 Å². The normalized spacial score (nSPS) is 57.9. The second kappa shape index (κ2) is 6.94. The third-order valence-corrected chi connectivity index (χ3v) is 12.0. The fourth-order valence-electron chi connectivity index (χ4n) is 9.78. The highest BCUT2D eigenvalue weighted by atomic mass is 16.6. The Bertz CT molecular complexity index is 912. The largest absolute Gasteiger partial charge is 0.462 e. The van der Waals surface area contributed by atoms with Crippen LogP contribution in [-0.2, 0) is 19.1 Å². The third-order valence-electron chi connectivity index (χ3n) is 12.0. The van der Waals surface area contributed by atoms with Gasteiger partial charge in [0.1, 0.15) is 17.8 Å². The van der Waals surface area contributed by atoms with Crippen molar-refractivity contribution in [1.29, 1.82) is 0 Å². The minimum atomic E-state index is -0.692. The first-order valence-electron chi connectivity index (χ1n) is 13.3. The molecule has 5 nitrogen and oxygen atoms in total. The predicted octanol–water partition coefficient (Wildman–Crippen LogP) is 4.32. The van der Waals surface area contributed by atoms with Crippen LogP contribution < -0.4 is 0 Å². The van der Waals surface area contributed by atoms with E-state index in [0.29, 0.717) is 29.6 Å². The van der Waals surface area contributed by atoms with Crippen molar-refractivity contribution in [3.05, 3.63) is 12.2 Å². The van der Waals surface area contributed by atoms with E-state index < -0.39 is 17.1 Å². The highest BCUT2D eigenvalue weighted by Gasteiger charge is 2.80. The number of allylic oxidation sites excluding steroid dienone is 1. The molecule has 2 saturated heterocycles. The summed E-state index contributed by atoms with van der Waals surface area (Å²) in [5.74, 6) is 2.67. The Morgan fingerprint density at radius 1 is 1.09 bits per heavy atom. The fraction of sp³-hybridized carbons (Fsp3) is 0.857. The van der Waals surface area contributed by atoms with Gasteiger partial charge >= 0.3 is 5.97 Å². The molecule has 6 aliphatic rings. The van der Waals surface area contributed by atoms with Crippen LogP contribution in [0.5, 0.6) is 0 Å². The predicted molar refractivity (Wildman–Crippen MR) is 123 cm³/mol. The van der Waals surface area contributed by atoms with Gasteiger partial charge in [0.25, 0.3) is 0 Å². The SMILES string of the molecule is C[C@H](C1C[C@@H](C)[C@H](C)C(=O)O1)C1CCC2C3C[C@H]4O[C@]45[C@@H](O)C=CC(=O)[C@]5(C)C3CC[C@@]21C. The average Bonchev–Trinajstić information content (AvgIpc) is 3.41. The molecule has 1 spiro atoms. The van der Waals surface area contributed by atoms with Gasteiger partial charge < -0.3 is 14.6 Å². The van der Waals surface area contributed by atoms with Gasteiger partial charge in [-0.1, -0.05) is 27.7 Å². The molecule has 0 aromatic heterocycles. The summed E-state index contributed by atoms with van der Waals surface area (Å²) in [6, 6.07) is 0. The zero-order valence-electron chi connectivity index (χ0n) is 20.8. The first kappa shape index (κ1) is 22.3. The van der Waals surface area contributed by atoms with Gasteiger partial charge in [0.15, 0.2) is 5.78 Å². The van der Waals surface area contributed by atoms with Gasteiger partial charge in [-0.2, -0.15) is 0 Å². The molecule has 2 heterocycles. The molecule has 2 aliphatic heterocycles. The quantitative estimate of drug-likeness (QED) is 0.495. The monoisotopic (exact) mass is 456 g/mol. The van der Waals surface area contributed by atoms with Crippen LogP contribution in [0.2, 0.25) is 0 Å². The molecule has 0 bridgehead atoms. The van der Waals surface area contributed by atoms with Crippen LogP contribution in [-0.4, -0.2) is 40.8 Å². The molecule has 13 atom stereocenters. The number of cyclic esters (lactones) is 1. The van der Waals surface area contributed by atoms with E-state index in [0.717, 1.165) is 25.7 Å². The van der Waals surface area contributed by atoms with Gasteiger partial charge in [-0.3, -0.25) is 9.59 Å². The van der Waals surface area contributed by atoms with Gasteiger partial charge in [0, 0.05) is 0 Å². The molecule has 1 N–H and O–H groups in total. The summed E-state index contributed by atoms with van der Waals surface area (Å²) >= 11 is 0. The lowest BCUT2D eigenvalue weighted by molar-refractivity contribution is -0.171. The van der Waals surface area contributed by atoms with E-state index in [2.05, 4.69) is 27.7 Å². The van der Waals surface area contributed by atoms with E-state index >= 15 is 0 Å². The summed E-state index contributed by atoms with van der Waals surface area (Å²) in [5, 5.41) is 10.8. The average molecular weight is 457 g/mol. The molecule has 5 heteroatoms. The number of carbonyl (C=O) groups is 2. The van der Waals surface area contributed by atoms with Crippen LogP contribution in [0.15, 0.2) is 12.2 Å². The topological polar surface area (TPSA) is 76.1 Å². The van der Waals surface area contributed by atoms with Crippen LogP contribution in [0.4, 0.5) is 0 Å². The molecule has 5 unspecified atom stereocenters. The Morgan fingerprint density at radius 2 is 1.85 bits per heavy atom. The number of esters is 1. The number of fused-ring (bicyclic) bond motifs is 4. The molecule has 0 radical (unpaired) electrons. The Morgan fingerprint density at radius 3 is 2.58 bits per heavy atom. The second-order valence-electron chi connectivity index (χ2n) is 12.9. The maximum Gasteiger partial charge on any atom is 0.309 e. The molecule has 3 saturated carbocycles. The first-order chi connectivity index (χ1) is 15.6. The van der Waals surface area contributed by atoms with Gasteiger partial charge in [-0.05, 0) is 98.5 Å². The zero-order valence-corrected chi connectivity index (χ0v) is 20.8. The Hall–Kier alpha value is -1.20. The van der Waals surface area contributed by atoms with Gasteiger partial charge in [-0.25, -0.2) is 0 Å². The molecule has 0 amide bonds. The molecule has 4 aliphatic carbocycles. The van der Waals surface area contributed by atoms with Crippen molar-refractivity contribution in [1.82, 2.24) is 0 Å². The number of hydrogen-bond donors (Lipinski definition) is 1. The summed E-state index contributed by atoms with van der Waals surface area (Å²) in [5.41, 5.74) is -1.11. The van der Waals surface area contributed by atoms with Gasteiger partial charge in [0.05, 0.1) is 17.4 Å². The smallest absolute Gasteiger partial charge is 0.309 e. The van der Waals surface area contributed by atoms with Gasteiger partial charge in [-0.15, -0.1) is 0 Å². The Kier molecular flexibility index (Phi) is 4.68. The standard InChI is InChI=1S/C28H40O5/c1-14-12-21(32-25(31)15(14)2)16(3)18-6-7-19-17-13-24-28(33-24)23(30)9-8-22(29)27(28,5)20(17)10-11-26(18,19)4/h8-9,14-21,23-24,30H,6-7,10-13H2,1-5H3/t14-,15+,16+,17?,18?,19?,20?,21?,23+,24-,26-,27+,28-/m1/s1. The van der Waals surface area contributed by atoms with Crippen molar-refractivity contribution in [2.24, 2.45) is 52.3 Å². The molecular weight excluding hydrogens is 416 g/mol. The lowest BCUT2D eigenvalue weighted by Gasteiger charge is -2.58. The number of carbonyl (C=O) groups excluding carboxylic acids is 2. The summed E-state index contributed by atoms with van der Waals surface area (Å²) in [4.78, 5) is 25.8. The van der Waals surface area contributed by atoms with E-state index in [1.165, 1.54) is 12.8 Å². The summed E-state index contributed by atoms with van der Waals surface area (Å²) in [6.07, 6.45) is 9.00. The van der Waals surface area contributed by atoms with E-state index in [9.17, 15) is 14.7 Å². The molecule has 182 valence electrons.